The van der Waals surface area contributed by atoms with Crippen molar-refractivity contribution in [1.29, 1.82) is 5.26 Å². The zero-order chi connectivity index (χ0) is 13.0. The average Bonchev–Trinajstić information content (AvgIpc) is 2.39. The summed E-state index contributed by atoms with van der Waals surface area (Å²) >= 11 is 6.01. The van der Waals surface area contributed by atoms with Crippen LogP contribution in [0.5, 0.6) is 5.75 Å². The summed E-state index contributed by atoms with van der Waals surface area (Å²) in [6, 6.07) is 13.6. The molecule has 0 heterocycles. The molecule has 0 bridgehead atoms. The van der Waals surface area contributed by atoms with E-state index in [4.69, 9.17) is 22.0 Å². The van der Waals surface area contributed by atoms with E-state index in [0.29, 0.717) is 16.1 Å². The summed E-state index contributed by atoms with van der Waals surface area (Å²) in [5.41, 5.74) is 1.96. The van der Waals surface area contributed by atoms with Gasteiger partial charge in [-0.2, -0.15) is 5.26 Å². The van der Waals surface area contributed by atoms with Gasteiger partial charge in [-0.15, -0.1) is 0 Å². The third-order valence-corrected chi connectivity index (χ3v) is 2.62. The van der Waals surface area contributed by atoms with Gasteiger partial charge in [0.25, 0.3) is 0 Å². The molecular formula is C15H8ClNO. The quantitative estimate of drug-likeness (QED) is 0.732. The maximum absolute atomic E-state index is 9.14. The minimum atomic E-state index is 0.206. The second-order valence-electron chi connectivity index (χ2n) is 3.60. The van der Waals surface area contributed by atoms with Gasteiger partial charge in [0.1, 0.15) is 5.75 Å². The van der Waals surface area contributed by atoms with Gasteiger partial charge in [-0.05, 0) is 42.5 Å². The largest absolute Gasteiger partial charge is 0.508 e. The molecule has 18 heavy (non-hydrogen) atoms. The molecular weight excluding hydrogens is 246 g/mol. The molecule has 0 saturated heterocycles. The highest BCUT2D eigenvalue weighted by molar-refractivity contribution is 6.31. The van der Waals surface area contributed by atoms with Crippen LogP contribution in [-0.4, -0.2) is 5.11 Å². The summed E-state index contributed by atoms with van der Waals surface area (Å²) in [5, 5.41) is 18.3. The Hall–Kier alpha value is -2.42. The highest BCUT2D eigenvalue weighted by Crippen LogP contribution is 2.16. The first-order chi connectivity index (χ1) is 8.69. The van der Waals surface area contributed by atoms with Crippen molar-refractivity contribution in [2.45, 2.75) is 0 Å². The zero-order valence-corrected chi connectivity index (χ0v) is 10.1. The van der Waals surface area contributed by atoms with E-state index in [1.165, 1.54) is 0 Å². The predicted molar refractivity (Wildman–Crippen MR) is 70.3 cm³/mol. The van der Waals surface area contributed by atoms with Crippen LogP contribution in [-0.2, 0) is 0 Å². The lowest BCUT2D eigenvalue weighted by Crippen LogP contribution is -1.80. The van der Waals surface area contributed by atoms with Gasteiger partial charge in [0.05, 0.1) is 16.7 Å². The topological polar surface area (TPSA) is 44.0 Å². The van der Waals surface area contributed by atoms with Crippen LogP contribution in [0.1, 0.15) is 16.7 Å². The molecule has 3 heteroatoms. The average molecular weight is 254 g/mol. The van der Waals surface area contributed by atoms with Crippen molar-refractivity contribution < 1.29 is 5.11 Å². The van der Waals surface area contributed by atoms with Gasteiger partial charge in [0, 0.05) is 11.1 Å². The molecule has 1 N–H and O–H groups in total. The molecule has 2 nitrogen and oxygen atoms in total. The molecule has 0 radical (unpaired) electrons. The standard InChI is InChI=1S/C15H8ClNO/c16-15-9-12(10-17)2-6-13(15)5-1-11-3-7-14(18)8-4-11/h2-4,6-9,18H. The molecule has 2 aromatic rings. The fraction of sp³-hybridized carbons (Fsp3) is 0. The van der Waals surface area contributed by atoms with Crippen molar-refractivity contribution in [2.75, 3.05) is 0 Å². The van der Waals surface area contributed by atoms with E-state index in [2.05, 4.69) is 11.8 Å². The Morgan fingerprint density at radius 1 is 0.944 bits per heavy atom. The monoisotopic (exact) mass is 253 g/mol. The van der Waals surface area contributed by atoms with Crippen LogP contribution < -0.4 is 0 Å². The molecule has 0 unspecified atom stereocenters. The fourth-order valence-electron chi connectivity index (χ4n) is 1.37. The Bertz CT molecular complexity index is 672. The van der Waals surface area contributed by atoms with Crippen molar-refractivity contribution in [1.82, 2.24) is 0 Å². The van der Waals surface area contributed by atoms with E-state index in [1.54, 1.807) is 42.5 Å². The Balaban J connectivity index is 2.30. The first kappa shape index (κ1) is 12.0. The van der Waals surface area contributed by atoms with E-state index < -0.39 is 0 Å². The number of rotatable bonds is 0. The second-order valence-corrected chi connectivity index (χ2v) is 4.01. The van der Waals surface area contributed by atoms with E-state index >= 15 is 0 Å². The molecule has 0 saturated carbocycles. The molecule has 2 aromatic carbocycles. The Labute approximate surface area is 110 Å². The van der Waals surface area contributed by atoms with Crippen molar-refractivity contribution in [2.24, 2.45) is 0 Å². The van der Waals surface area contributed by atoms with Crippen LogP contribution in [0.25, 0.3) is 0 Å². The molecule has 0 spiro atoms. The molecule has 0 fully saturated rings. The first-order valence-corrected chi connectivity index (χ1v) is 5.57. The van der Waals surface area contributed by atoms with Gasteiger partial charge in [0.15, 0.2) is 0 Å². The van der Waals surface area contributed by atoms with E-state index in [1.807, 2.05) is 6.07 Å². The molecule has 0 aliphatic heterocycles. The zero-order valence-electron chi connectivity index (χ0n) is 9.31. The number of nitriles is 1. The van der Waals surface area contributed by atoms with Crippen LogP contribution in [0.3, 0.4) is 0 Å². The van der Waals surface area contributed by atoms with Gasteiger partial charge in [-0.3, -0.25) is 0 Å². The van der Waals surface area contributed by atoms with Crippen molar-refractivity contribution in [3.05, 3.63) is 64.2 Å². The number of hydrogen-bond donors (Lipinski definition) is 1. The normalized spacial score (nSPS) is 9.11. The number of hydrogen-bond acceptors (Lipinski definition) is 2. The summed E-state index contributed by atoms with van der Waals surface area (Å²) in [6.07, 6.45) is 0. The Morgan fingerprint density at radius 2 is 1.61 bits per heavy atom. The smallest absolute Gasteiger partial charge is 0.115 e. The first-order valence-electron chi connectivity index (χ1n) is 5.20. The Kier molecular flexibility index (Phi) is 3.53. The molecule has 0 atom stereocenters. The summed E-state index contributed by atoms with van der Waals surface area (Å²) in [7, 11) is 0. The lowest BCUT2D eigenvalue weighted by Gasteiger charge is -1.96. The van der Waals surface area contributed by atoms with Crippen LogP contribution in [0.15, 0.2) is 42.5 Å². The number of aromatic hydroxyl groups is 1. The lowest BCUT2D eigenvalue weighted by molar-refractivity contribution is 0.475. The maximum Gasteiger partial charge on any atom is 0.115 e. The number of nitrogens with zero attached hydrogens (tertiary/aromatic N) is 1. The van der Waals surface area contributed by atoms with Gasteiger partial charge in [0.2, 0.25) is 0 Å². The highest BCUT2D eigenvalue weighted by Gasteiger charge is 1.98. The van der Waals surface area contributed by atoms with Crippen LogP contribution in [0, 0.1) is 23.2 Å². The molecule has 86 valence electrons. The minimum absolute atomic E-state index is 0.206. The molecule has 0 amide bonds. The molecule has 0 aliphatic carbocycles. The van der Waals surface area contributed by atoms with Crippen molar-refractivity contribution >= 4 is 11.6 Å². The van der Waals surface area contributed by atoms with Crippen molar-refractivity contribution in [3.63, 3.8) is 0 Å². The molecule has 0 aliphatic rings. The van der Waals surface area contributed by atoms with E-state index in [0.717, 1.165) is 5.56 Å². The SMILES string of the molecule is N#Cc1ccc(C#Cc2ccc(O)cc2)c(Cl)c1. The van der Waals surface area contributed by atoms with Gasteiger partial charge in [-0.25, -0.2) is 0 Å². The lowest BCUT2D eigenvalue weighted by atomic mass is 10.1. The highest BCUT2D eigenvalue weighted by atomic mass is 35.5. The molecule has 0 aromatic heterocycles. The van der Waals surface area contributed by atoms with Gasteiger partial charge < -0.3 is 5.11 Å². The van der Waals surface area contributed by atoms with Crippen LogP contribution in [0.2, 0.25) is 5.02 Å². The van der Waals surface area contributed by atoms with E-state index in [9.17, 15) is 0 Å². The predicted octanol–water partition coefficient (Wildman–Crippen LogP) is 3.32. The van der Waals surface area contributed by atoms with Gasteiger partial charge in [-0.1, -0.05) is 23.4 Å². The van der Waals surface area contributed by atoms with Crippen LogP contribution in [0.4, 0.5) is 0 Å². The third kappa shape index (κ3) is 2.83. The number of phenolic OH excluding ortho intramolecular Hbond substituents is 1. The van der Waals surface area contributed by atoms with E-state index in [-0.39, 0.29) is 5.75 Å². The summed E-state index contributed by atoms with van der Waals surface area (Å²) in [4.78, 5) is 0. The maximum atomic E-state index is 9.14. The molecule has 2 rings (SSSR count). The Morgan fingerprint density at radius 3 is 2.22 bits per heavy atom. The number of phenols is 1. The number of halogens is 1. The second kappa shape index (κ2) is 5.27. The number of benzene rings is 2. The third-order valence-electron chi connectivity index (χ3n) is 2.31. The summed E-state index contributed by atoms with van der Waals surface area (Å²) in [6.45, 7) is 0. The fourth-order valence-corrected chi connectivity index (χ4v) is 1.60. The van der Waals surface area contributed by atoms with Gasteiger partial charge >= 0.3 is 0 Å². The summed E-state index contributed by atoms with van der Waals surface area (Å²) in [5.74, 6) is 6.07. The minimum Gasteiger partial charge on any atom is -0.508 e. The van der Waals surface area contributed by atoms with Crippen molar-refractivity contribution in [3.8, 4) is 23.7 Å². The van der Waals surface area contributed by atoms with Crippen LogP contribution >= 0.6 is 11.6 Å². The summed E-state index contributed by atoms with van der Waals surface area (Å²) < 4.78 is 0.